The predicted molar refractivity (Wildman–Crippen MR) is 110 cm³/mol. The minimum Gasteiger partial charge on any atom is -0.273 e. The van der Waals surface area contributed by atoms with E-state index in [0.717, 1.165) is 16.2 Å². The van der Waals surface area contributed by atoms with Crippen molar-refractivity contribution in [1.29, 1.82) is 0 Å². The van der Waals surface area contributed by atoms with Crippen LogP contribution in [0.1, 0.15) is 11.6 Å². The summed E-state index contributed by atoms with van der Waals surface area (Å²) >= 11 is 6.27. The van der Waals surface area contributed by atoms with Crippen molar-refractivity contribution < 1.29 is 14.4 Å². The average Bonchev–Trinajstić information content (AvgIpc) is 3.26. The van der Waals surface area contributed by atoms with E-state index < -0.39 is 24.0 Å². The lowest BCUT2D eigenvalue weighted by atomic mass is 9.90. The number of hydroxylamine groups is 1. The molecule has 0 radical (unpaired) electrons. The maximum absolute atomic E-state index is 13.5. The number of halogens is 1. The molecule has 3 unspecified atom stereocenters. The van der Waals surface area contributed by atoms with Gasteiger partial charge in [-0.25, -0.2) is 9.96 Å². The van der Waals surface area contributed by atoms with Crippen molar-refractivity contribution in [2.75, 3.05) is 9.96 Å². The van der Waals surface area contributed by atoms with Crippen LogP contribution in [0.2, 0.25) is 5.02 Å². The van der Waals surface area contributed by atoms with Gasteiger partial charge in [0, 0.05) is 0 Å². The number of amides is 2. The van der Waals surface area contributed by atoms with E-state index in [-0.39, 0.29) is 5.91 Å². The summed E-state index contributed by atoms with van der Waals surface area (Å²) in [5.74, 6) is -1.37. The molecule has 2 saturated heterocycles. The Bertz CT molecular complexity index is 1070. The van der Waals surface area contributed by atoms with Crippen molar-refractivity contribution in [1.82, 2.24) is 0 Å². The van der Waals surface area contributed by atoms with E-state index in [4.69, 9.17) is 16.4 Å². The summed E-state index contributed by atoms with van der Waals surface area (Å²) in [4.78, 5) is 33.9. The van der Waals surface area contributed by atoms with Crippen LogP contribution in [0.3, 0.4) is 0 Å². The number of carbonyl (C=O) groups is 2. The number of fused-ring (bicyclic) bond motifs is 1. The molecule has 6 heteroatoms. The first-order valence-corrected chi connectivity index (χ1v) is 9.73. The lowest BCUT2D eigenvalue weighted by molar-refractivity contribution is -0.126. The fourth-order valence-corrected chi connectivity index (χ4v) is 4.29. The van der Waals surface area contributed by atoms with Crippen molar-refractivity contribution in [2.24, 2.45) is 5.92 Å². The maximum Gasteiger partial charge on any atom is 0.266 e. The largest absolute Gasteiger partial charge is 0.273 e. The number of nitrogens with zero attached hydrogens (tertiary/aromatic N) is 2. The summed E-state index contributed by atoms with van der Waals surface area (Å²) in [5.41, 5.74) is 2.09. The minimum atomic E-state index is -0.899. The highest BCUT2D eigenvalue weighted by Crippen LogP contribution is 2.48. The number of hydrogen-bond donors (Lipinski definition) is 0. The summed E-state index contributed by atoms with van der Waals surface area (Å²) in [7, 11) is 0. The van der Waals surface area contributed by atoms with Gasteiger partial charge in [-0.15, -0.1) is 0 Å². The molecular weight excluding hydrogens is 388 g/mol. The Morgan fingerprint density at radius 1 is 0.759 bits per heavy atom. The molecule has 5 nitrogen and oxygen atoms in total. The normalized spacial score (nSPS) is 23.6. The molecule has 29 heavy (non-hydrogen) atoms. The van der Waals surface area contributed by atoms with Crippen molar-refractivity contribution >= 4 is 34.8 Å². The quantitative estimate of drug-likeness (QED) is 0.607. The zero-order chi connectivity index (χ0) is 20.0. The molecule has 3 atom stereocenters. The summed E-state index contributed by atoms with van der Waals surface area (Å²) in [6.07, 6.45) is -0.899. The van der Waals surface area contributed by atoms with E-state index in [0.29, 0.717) is 10.7 Å². The summed E-state index contributed by atoms with van der Waals surface area (Å²) in [6.45, 7) is 0. The molecule has 3 aromatic rings. The Kier molecular flexibility index (Phi) is 4.34. The molecule has 0 spiro atoms. The first-order valence-electron chi connectivity index (χ1n) is 9.35. The van der Waals surface area contributed by atoms with Gasteiger partial charge < -0.3 is 0 Å². The van der Waals surface area contributed by atoms with Gasteiger partial charge in [0.25, 0.3) is 5.91 Å². The van der Waals surface area contributed by atoms with Crippen molar-refractivity contribution in [3.05, 3.63) is 95.5 Å². The van der Waals surface area contributed by atoms with Crippen LogP contribution in [-0.4, -0.2) is 17.9 Å². The first-order chi connectivity index (χ1) is 14.2. The lowest BCUT2D eigenvalue weighted by Crippen LogP contribution is -2.37. The zero-order valence-electron chi connectivity index (χ0n) is 15.3. The highest BCUT2D eigenvalue weighted by atomic mass is 35.5. The van der Waals surface area contributed by atoms with Gasteiger partial charge in [0.15, 0.2) is 6.10 Å². The van der Waals surface area contributed by atoms with Gasteiger partial charge in [-0.05, 0) is 29.8 Å². The number of hydrogen-bond acceptors (Lipinski definition) is 4. The van der Waals surface area contributed by atoms with Crippen molar-refractivity contribution in [3.8, 4) is 0 Å². The topological polar surface area (TPSA) is 49.9 Å². The molecule has 2 aliphatic heterocycles. The Hall–Kier alpha value is -3.15. The predicted octanol–water partition coefficient (Wildman–Crippen LogP) is 4.39. The third-order valence-electron chi connectivity index (χ3n) is 5.36. The van der Waals surface area contributed by atoms with Crippen LogP contribution in [0.4, 0.5) is 11.4 Å². The molecule has 5 rings (SSSR count). The zero-order valence-corrected chi connectivity index (χ0v) is 16.1. The summed E-state index contributed by atoms with van der Waals surface area (Å²) in [5, 5.41) is 2.04. The van der Waals surface area contributed by atoms with E-state index in [9.17, 15) is 9.59 Å². The SMILES string of the molecule is O=C1C2ON(c3ccccc3)C(c3ccccc3)C2C(=O)N1c1ccccc1Cl. The Labute approximate surface area is 173 Å². The highest BCUT2D eigenvalue weighted by molar-refractivity contribution is 6.36. The molecule has 0 aromatic heterocycles. The standard InChI is InChI=1S/C23H17ClN2O3/c24-17-13-7-8-14-18(17)25-22(27)19-20(15-9-3-1-4-10-15)26(29-21(19)23(25)28)16-11-5-2-6-12-16/h1-14,19-21H. The van der Waals surface area contributed by atoms with Gasteiger partial charge in [-0.2, -0.15) is 0 Å². The molecule has 0 N–H and O–H groups in total. The van der Waals surface area contributed by atoms with Gasteiger partial charge in [-0.3, -0.25) is 14.4 Å². The number of imide groups is 1. The van der Waals surface area contributed by atoms with Crippen LogP contribution in [0, 0.1) is 5.92 Å². The monoisotopic (exact) mass is 404 g/mol. The van der Waals surface area contributed by atoms with E-state index in [1.165, 1.54) is 0 Å². The molecule has 2 fully saturated rings. The second kappa shape index (κ2) is 7.03. The Morgan fingerprint density at radius 3 is 2.07 bits per heavy atom. The second-order valence-electron chi connectivity index (χ2n) is 7.03. The van der Waals surface area contributed by atoms with Gasteiger partial charge in [0.1, 0.15) is 5.92 Å². The van der Waals surface area contributed by atoms with Gasteiger partial charge in [-0.1, -0.05) is 72.3 Å². The number of para-hydroxylation sites is 2. The fraction of sp³-hybridized carbons (Fsp3) is 0.130. The van der Waals surface area contributed by atoms with Crippen LogP contribution < -0.4 is 9.96 Å². The molecule has 0 saturated carbocycles. The van der Waals surface area contributed by atoms with Gasteiger partial charge in [0.05, 0.1) is 22.4 Å². The summed E-state index contributed by atoms with van der Waals surface area (Å²) in [6, 6.07) is 25.6. The number of benzene rings is 3. The maximum atomic E-state index is 13.5. The number of anilines is 2. The van der Waals surface area contributed by atoms with Crippen LogP contribution in [0.5, 0.6) is 0 Å². The molecule has 2 aliphatic rings. The van der Waals surface area contributed by atoms with Crippen molar-refractivity contribution in [3.63, 3.8) is 0 Å². The molecular formula is C23H17ClN2O3. The van der Waals surface area contributed by atoms with Crippen LogP contribution in [-0.2, 0) is 14.4 Å². The molecule has 0 bridgehead atoms. The van der Waals surface area contributed by atoms with E-state index in [1.54, 1.807) is 29.3 Å². The number of rotatable bonds is 3. The molecule has 144 valence electrons. The van der Waals surface area contributed by atoms with E-state index >= 15 is 0 Å². The lowest BCUT2D eigenvalue weighted by Gasteiger charge is -2.28. The average molecular weight is 405 g/mol. The van der Waals surface area contributed by atoms with E-state index in [2.05, 4.69) is 0 Å². The third kappa shape index (κ3) is 2.82. The molecule has 0 aliphatic carbocycles. The van der Waals surface area contributed by atoms with Crippen LogP contribution in [0.15, 0.2) is 84.9 Å². The first kappa shape index (κ1) is 17.9. The summed E-state index contributed by atoms with van der Waals surface area (Å²) < 4.78 is 0. The van der Waals surface area contributed by atoms with E-state index in [1.807, 2.05) is 60.7 Å². The smallest absolute Gasteiger partial charge is 0.266 e. The van der Waals surface area contributed by atoms with Crippen LogP contribution >= 0.6 is 11.6 Å². The van der Waals surface area contributed by atoms with Crippen LogP contribution in [0.25, 0.3) is 0 Å². The molecule has 2 amide bonds. The Balaban J connectivity index is 1.60. The highest BCUT2D eigenvalue weighted by Gasteiger charge is 2.60. The van der Waals surface area contributed by atoms with Gasteiger partial charge >= 0.3 is 0 Å². The number of carbonyl (C=O) groups excluding carboxylic acids is 2. The second-order valence-corrected chi connectivity index (χ2v) is 7.44. The minimum absolute atomic E-state index is 0.305. The molecule has 2 heterocycles. The Morgan fingerprint density at radius 2 is 1.38 bits per heavy atom. The van der Waals surface area contributed by atoms with Gasteiger partial charge in [0.2, 0.25) is 5.91 Å². The molecule has 3 aromatic carbocycles. The third-order valence-corrected chi connectivity index (χ3v) is 5.68. The van der Waals surface area contributed by atoms with Crippen molar-refractivity contribution in [2.45, 2.75) is 12.1 Å². The fourth-order valence-electron chi connectivity index (χ4n) is 4.07.